The number of aliphatic hydroxyl groups excluding tert-OH is 1. The standard InChI is InChI=1S/C23H25FO8/c1-12-6-7-22(29)20(2)11-30-19(28)23(20,15-10-21(12,22)17(26)18(27)31-15)32-16(25)9-13-4-3-5-14(24)8-13/h3-5,8,12,15,17,26,29H,6-7,9-11H2,1-2H3/t12-,15-,17+,20+,21+,22+,23-/m1/s1. The third-order valence-electron chi connectivity index (χ3n) is 8.57. The van der Waals surface area contributed by atoms with Gasteiger partial charge in [0.25, 0.3) is 5.60 Å². The summed E-state index contributed by atoms with van der Waals surface area (Å²) >= 11 is 0. The number of carbonyl (C=O) groups excluding carboxylic acids is 3. The Morgan fingerprint density at radius 3 is 2.81 bits per heavy atom. The van der Waals surface area contributed by atoms with Gasteiger partial charge in [0, 0.05) is 11.8 Å². The van der Waals surface area contributed by atoms with Crippen molar-refractivity contribution in [2.45, 2.75) is 62.9 Å². The predicted molar refractivity (Wildman–Crippen MR) is 104 cm³/mol. The van der Waals surface area contributed by atoms with Gasteiger partial charge in [0.15, 0.2) is 12.2 Å². The molecule has 0 amide bonds. The number of rotatable bonds is 3. The van der Waals surface area contributed by atoms with Crippen LogP contribution in [-0.2, 0) is 35.0 Å². The van der Waals surface area contributed by atoms with Gasteiger partial charge < -0.3 is 24.4 Å². The number of fused-ring (bicyclic) bond motifs is 4. The van der Waals surface area contributed by atoms with Gasteiger partial charge in [0.05, 0.1) is 17.4 Å². The topological polar surface area (TPSA) is 119 Å². The van der Waals surface area contributed by atoms with Crippen LogP contribution < -0.4 is 0 Å². The summed E-state index contributed by atoms with van der Waals surface area (Å²) in [5.41, 5.74) is -6.18. The minimum atomic E-state index is -2.07. The first-order valence-electron chi connectivity index (χ1n) is 10.8. The SMILES string of the molecule is C[C@@H]1CC[C@@]2(O)[C@@]13C[C@@H](OC(=O)[C@@H]3O)[C@@]1(OC(=O)Cc3cccc(F)c3)C(=O)OC[C@@]21C. The lowest BCUT2D eigenvalue weighted by Crippen LogP contribution is -2.81. The van der Waals surface area contributed by atoms with Gasteiger partial charge in [0.2, 0.25) is 0 Å². The van der Waals surface area contributed by atoms with Gasteiger partial charge in [-0.25, -0.2) is 14.0 Å². The van der Waals surface area contributed by atoms with E-state index in [0.717, 1.165) is 0 Å². The van der Waals surface area contributed by atoms with Crippen molar-refractivity contribution in [2.24, 2.45) is 16.7 Å². The fraction of sp³-hybridized carbons (Fsp3) is 0.609. The average molecular weight is 448 g/mol. The highest BCUT2D eigenvalue weighted by Gasteiger charge is 2.87. The van der Waals surface area contributed by atoms with Gasteiger partial charge in [-0.3, -0.25) is 4.79 Å². The number of cyclic esters (lactones) is 1. The molecule has 5 rings (SSSR count). The molecule has 7 atom stereocenters. The Kier molecular flexibility index (Phi) is 4.34. The first-order valence-corrected chi connectivity index (χ1v) is 10.8. The zero-order chi connectivity index (χ0) is 23.1. The molecule has 2 saturated carbocycles. The van der Waals surface area contributed by atoms with Crippen LogP contribution in [0.15, 0.2) is 24.3 Å². The first-order chi connectivity index (χ1) is 15.0. The average Bonchev–Trinajstić information content (AvgIpc) is 3.15. The number of carbonyl (C=O) groups is 3. The Labute approximate surface area is 183 Å². The number of esters is 3. The molecular weight excluding hydrogens is 423 g/mol. The number of hydrogen-bond acceptors (Lipinski definition) is 8. The van der Waals surface area contributed by atoms with Crippen LogP contribution in [0.4, 0.5) is 4.39 Å². The quantitative estimate of drug-likeness (QED) is 0.520. The van der Waals surface area contributed by atoms with E-state index in [1.807, 2.05) is 6.92 Å². The summed E-state index contributed by atoms with van der Waals surface area (Å²) in [6, 6.07) is 5.42. The molecule has 2 aliphatic carbocycles. The number of hydrogen-bond donors (Lipinski definition) is 2. The Hall–Kier alpha value is -2.52. The van der Waals surface area contributed by atoms with Gasteiger partial charge in [-0.2, -0.15) is 0 Å². The molecule has 4 fully saturated rings. The molecule has 4 aliphatic rings. The van der Waals surface area contributed by atoms with Crippen LogP contribution in [0.3, 0.4) is 0 Å². The van der Waals surface area contributed by atoms with Gasteiger partial charge >= 0.3 is 17.9 Å². The highest BCUT2D eigenvalue weighted by molar-refractivity contribution is 5.90. The summed E-state index contributed by atoms with van der Waals surface area (Å²) < 4.78 is 30.1. The molecule has 32 heavy (non-hydrogen) atoms. The van der Waals surface area contributed by atoms with Crippen molar-refractivity contribution < 1.29 is 43.2 Å². The Morgan fingerprint density at radius 2 is 2.09 bits per heavy atom. The number of benzene rings is 1. The highest BCUT2D eigenvalue weighted by atomic mass is 19.1. The summed E-state index contributed by atoms with van der Waals surface area (Å²) in [5, 5.41) is 23.0. The van der Waals surface area contributed by atoms with Gasteiger partial charge in [-0.1, -0.05) is 19.1 Å². The van der Waals surface area contributed by atoms with Crippen LogP contribution in [-0.4, -0.2) is 58.1 Å². The Morgan fingerprint density at radius 1 is 1.34 bits per heavy atom. The van der Waals surface area contributed by atoms with E-state index < -0.39 is 58.0 Å². The smallest absolute Gasteiger partial charge is 0.355 e. The minimum absolute atomic E-state index is 0.0461. The van der Waals surface area contributed by atoms with Crippen LogP contribution in [0.2, 0.25) is 0 Å². The molecule has 0 radical (unpaired) electrons. The van der Waals surface area contributed by atoms with Crippen molar-refractivity contribution in [3.63, 3.8) is 0 Å². The number of aliphatic hydroxyl groups is 2. The van der Waals surface area contributed by atoms with Crippen molar-refractivity contribution in [3.05, 3.63) is 35.6 Å². The summed E-state index contributed by atoms with van der Waals surface area (Å²) in [7, 11) is 0. The Balaban J connectivity index is 1.60. The number of ether oxygens (including phenoxy) is 3. The second-order valence-electron chi connectivity index (χ2n) is 9.80. The van der Waals surface area contributed by atoms with Crippen molar-refractivity contribution in [3.8, 4) is 0 Å². The molecule has 0 aromatic heterocycles. The molecule has 1 aromatic carbocycles. The maximum Gasteiger partial charge on any atom is 0.355 e. The monoisotopic (exact) mass is 448 g/mol. The fourth-order valence-electron chi connectivity index (χ4n) is 6.89. The Bertz CT molecular complexity index is 1030. The second-order valence-corrected chi connectivity index (χ2v) is 9.80. The van der Waals surface area contributed by atoms with E-state index in [-0.39, 0.29) is 31.8 Å². The van der Waals surface area contributed by atoms with Crippen molar-refractivity contribution in [2.75, 3.05) is 6.61 Å². The summed E-state index contributed by atoms with van der Waals surface area (Å²) in [4.78, 5) is 38.8. The van der Waals surface area contributed by atoms with Crippen LogP contribution in [0.1, 0.15) is 38.7 Å². The largest absolute Gasteiger partial charge is 0.462 e. The summed E-state index contributed by atoms with van der Waals surface area (Å²) in [5.74, 6) is -3.47. The van der Waals surface area contributed by atoms with Crippen LogP contribution in [0.5, 0.6) is 0 Å². The first kappa shape index (κ1) is 21.3. The maximum absolute atomic E-state index is 13.6. The molecule has 2 saturated heterocycles. The highest BCUT2D eigenvalue weighted by Crippen LogP contribution is 2.72. The lowest BCUT2D eigenvalue weighted by Gasteiger charge is -2.64. The predicted octanol–water partition coefficient (Wildman–Crippen LogP) is 1.05. The molecule has 2 N–H and O–H groups in total. The lowest BCUT2D eigenvalue weighted by atomic mass is 9.44. The second kappa shape index (κ2) is 6.51. The third kappa shape index (κ3) is 2.25. The van der Waals surface area contributed by atoms with E-state index in [1.165, 1.54) is 18.2 Å². The number of halogens is 1. The molecule has 1 spiro atoms. The minimum Gasteiger partial charge on any atom is -0.462 e. The fourth-order valence-corrected chi connectivity index (χ4v) is 6.89. The molecule has 1 aromatic rings. The van der Waals surface area contributed by atoms with E-state index in [2.05, 4.69) is 0 Å². The third-order valence-corrected chi connectivity index (χ3v) is 8.57. The van der Waals surface area contributed by atoms with Crippen LogP contribution in [0.25, 0.3) is 0 Å². The van der Waals surface area contributed by atoms with Crippen LogP contribution >= 0.6 is 0 Å². The van der Waals surface area contributed by atoms with E-state index in [0.29, 0.717) is 12.0 Å². The summed E-state index contributed by atoms with van der Waals surface area (Å²) in [6.07, 6.45) is -2.47. The molecular formula is C23H25FO8. The molecule has 2 heterocycles. The molecule has 0 unspecified atom stereocenters. The molecule has 172 valence electrons. The van der Waals surface area contributed by atoms with E-state index in [9.17, 15) is 29.0 Å². The maximum atomic E-state index is 13.6. The molecule has 8 nitrogen and oxygen atoms in total. The zero-order valence-corrected chi connectivity index (χ0v) is 17.8. The lowest BCUT2D eigenvalue weighted by molar-refractivity contribution is -0.322. The van der Waals surface area contributed by atoms with E-state index in [4.69, 9.17) is 14.2 Å². The molecule has 2 aliphatic heterocycles. The zero-order valence-electron chi connectivity index (χ0n) is 17.8. The van der Waals surface area contributed by atoms with Crippen molar-refractivity contribution >= 4 is 17.9 Å². The van der Waals surface area contributed by atoms with Crippen LogP contribution in [0, 0.1) is 22.6 Å². The molecule has 2 bridgehead atoms. The van der Waals surface area contributed by atoms with Gasteiger partial charge in [-0.05, 0) is 43.4 Å². The van der Waals surface area contributed by atoms with E-state index >= 15 is 0 Å². The summed E-state index contributed by atoms with van der Waals surface area (Å²) in [6.45, 7) is 3.17. The van der Waals surface area contributed by atoms with Crippen molar-refractivity contribution in [1.82, 2.24) is 0 Å². The van der Waals surface area contributed by atoms with E-state index in [1.54, 1.807) is 13.0 Å². The molecule has 9 heteroatoms. The van der Waals surface area contributed by atoms with Gasteiger partial charge in [-0.15, -0.1) is 0 Å². The normalized spacial score (nSPS) is 44.3. The van der Waals surface area contributed by atoms with Crippen molar-refractivity contribution in [1.29, 1.82) is 0 Å². The van der Waals surface area contributed by atoms with Gasteiger partial charge in [0.1, 0.15) is 12.4 Å².